The second-order valence-electron chi connectivity index (χ2n) is 3.40. The number of hydrogen-bond donors (Lipinski definition) is 0. The van der Waals surface area contributed by atoms with Gasteiger partial charge in [-0.1, -0.05) is 43.0 Å². The molecule has 0 saturated carbocycles. The van der Waals surface area contributed by atoms with Crippen molar-refractivity contribution in [3.05, 3.63) is 70.5 Å². The Hall–Kier alpha value is -1.03. The molecule has 0 aliphatic carbocycles. The SMILES string of the molecule is C=C/C=C(\C=C/CCl)S(=O)(=O)/C(C)=C/C=C(/Cl)C=C. The molecule has 19 heavy (non-hydrogen) atoms. The van der Waals surface area contributed by atoms with E-state index in [1.807, 2.05) is 0 Å². The zero-order valence-corrected chi connectivity index (χ0v) is 13.0. The summed E-state index contributed by atoms with van der Waals surface area (Å²) in [6.07, 6.45) is 10.1. The fourth-order valence-corrected chi connectivity index (χ4v) is 2.37. The third kappa shape index (κ3) is 6.10. The van der Waals surface area contributed by atoms with E-state index in [-0.39, 0.29) is 15.7 Å². The third-order valence-electron chi connectivity index (χ3n) is 2.06. The average molecular weight is 319 g/mol. The summed E-state index contributed by atoms with van der Waals surface area (Å²) in [6, 6.07) is 0. The molecule has 0 aromatic carbocycles. The fourth-order valence-electron chi connectivity index (χ4n) is 1.05. The maximum Gasteiger partial charge on any atom is 0.202 e. The van der Waals surface area contributed by atoms with Crippen LogP contribution in [0, 0.1) is 0 Å². The highest BCUT2D eigenvalue weighted by Gasteiger charge is 2.16. The van der Waals surface area contributed by atoms with E-state index in [9.17, 15) is 8.42 Å². The fraction of sp³-hybridized carbons (Fsp3) is 0.143. The lowest BCUT2D eigenvalue weighted by molar-refractivity contribution is 0.608. The monoisotopic (exact) mass is 318 g/mol. The molecule has 0 amide bonds. The van der Waals surface area contributed by atoms with Crippen LogP contribution in [0.15, 0.2) is 70.5 Å². The van der Waals surface area contributed by atoms with Gasteiger partial charge in [-0.25, -0.2) is 8.42 Å². The van der Waals surface area contributed by atoms with E-state index >= 15 is 0 Å². The highest BCUT2D eigenvalue weighted by Crippen LogP contribution is 2.19. The first-order valence-electron chi connectivity index (χ1n) is 5.37. The lowest BCUT2D eigenvalue weighted by Crippen LogP contribution is -2.03. The number of rotatable bonds is 7. The molecular formula is C14H16Cl2O2S. The number of hydrogen-bond acceptors (Lipinski definition) is 2. The van der Waals surface area contributed by atoms with Crippen LogP contribution < -0.4 is 0 Å². The van der Waals surface area contributed by atoms with Crippen molar-refractivity contribution < 1.29 is 8.42 Å². The van der Waals surface area contributed by atoms with Crippen molar-refractivity contribution in [2.24, 2.45) is 0 Å². The molecule has 0 saturated heterocycles. The number of allylic oxidation sites excluding steroid dienone is 9. The van der Waals surface area contributed by atoms with Crippen LogP contribution in [0.4, 0.5) is 0 Å². The summed E-state index contributed by atoms with van der Waals surface area (Å²) in [5.74, 6) is 0.231. The molecule has 2 nitrogen and oxygen atoms in total. The van der Waals surface area contributed by atoms with Gasteiger partial charge in [0, 0.05) is 15.8 Å². The highest BCUT2D eigenvalue weighted by atomic mass is 35.5. The standard InChI is InChI=1S/C14H16Cl2O2S/c1-4-7-14(8-6-11-15)19(17,18)12(3)9-10-13(16)5-2/h4-10H,1-2,11H2,3H3/b8-6-,12-9+,13-10+,14-7+. The van der Waals surface area contributed by atoms with Crippen molar-refractivity contribution in [2.45, 2.75) is 6.92 Å². The molecule has 104 valence electrons. The quantitative estimate of drug-likeness (QED) is 0.512. The van der Waals surface area contributed by atoms with Crippen LogP contribution in [0.1, 0.15) is 6.92 Å². The third-order valence-corrected chi connectivity index (χ3v) is 4.39. The summed E-state index contributed by atoms with van der Waals surface area (Å²) in [7, 11) is -3.57. The van der Waals surface area contributed by atoms with Crippen LogP contribution >= 0.6 is 23.2 Å². The average Bonchev–Trinajstić information content (AvgIpc) is 2.39. The maximum atomic E-state index is 12.3. The van der Waals surface area contributed by atoms with Gasteiger partial charge < -0.3 is 0 Å². The molecule has 0 unspecified atom stereocenters. The molecule has 0 bridgehead atoms. The Morgan fingerprint density at radius 1 is 1.21 bits per heavy atom. The van der Waals surface area contributed by atoms with Crippen LogP contribution in [-0.2, 0) is 9.84 Å². The molecule has 0 aliphatic rings. The minimum absolute atomic E-state index is 0.125. The van der Waals surface area contributed by atoms with Gasteiger partial charge in [-0.3, -0.25) is 0 Å². The van der Waals surface area contributed by atoms with Crippen LogP contribution in [0.2, 0.25) is 0 Å². The summed E-state index contributed by atoms with van der Waals surface area (Å²) in [5.41, 5.74) is 0. The van der Waals surface area contributed by atoms with Gasteiger partial charge in [-0.15, -0.1) is 11.6 Å². The Bertz CT molecular complexity index is 550. The lowest BCUT2D eigenvalue weighted by atomic mass is 10.4. The predicted octanol–water partition coefficient (Wildman–Crippen LogP) is 4.48. The van der Waals surface area contributed by atoms with Crippen molar-refractivity contribution in [3.63, 3.8) is 0 Å². The van der Waals surface area contributed by atoms with Crippen molar-refractivity contribution in [3.8, 4) is 0 Å². The molecule has 0 spiro atoms. The zero-order chi connectivity index (χ0) is 14.9. The second-order valence-corrected chi connectivity index (χ2v) is 6.27. The van der Waals surface area contributed by atoms with Crippen LogP contribution in [0.3, 0.4) is 0 Å². The predicted molar refractivity (Wildman–Crippen MR) is 84.9 cm³/mol. The van der Waals surface area contributed by atoms with Gasteiger partial charge in [0.1, 0.15) is 0 Å². The van der Waals surface area contributed by atoms with Crippen molar-refractivity contribution in [2.75, 3.05) is 5.88 Å². The normalized spacial score (nSPS) is 14.8. The van der Waals surface area contributed by atoms with E-state index < -0.39 is 9.84 Å². The summed E-state index contributed by atoms with van der Waals surface area (Å²) in [5, 5.41) is 0.361. The number of alkyl halides is 1. The van der Waals surface area contributed by atoms with Crippen molar-refractivity contribution >= 4 is 33.0 Å². The summed E-state index contributed by atoms with van der Waals surface area (Å²) in [4.78, 5) is 0.292. The number of halogens is 2. The minimum Gasteiger partial charge on any atom is -0.219 e. The smallest absolute Gasteiger partial charge is 0.202 e. The minimum atomic E-state index is -3.57. The van der Waals surface area contributed by atoms with E-state index in [0.29, 0.717) is 5.03 Å². The molecule has 0 rings (SSSR count). The summed E-state index contributed by atoms with van der Waals surface area (Å²) < 4.78 is 24.5. The van der Waals surface area contributed by atoms with E-state index in [1.165, 1.54) is 43.4 Å². The second kappa shape index (κ2) is 8.97. The van der Waals surface area contributed by atoms with Crippen molar-refractivity contribution in [1.29, 1.82) is 0 Å². The van der Waals surface area contributed by atoms with Gasteiger partial charge in [0.05, 0.1) is 4.91 Å². The molecule has 0 aromatic heterocycles. The van der Waals surface area contributed by atoms with Gasteiger partial charge in [-0.05, 0) is 31.2 Å². The molecule has 0 radical (unpaired) electrons. The van der Waals surface area contributed by atoms with E-state index in [4.69, 9.17) is 23.2 Å². The molecule has 5 heteroatoms. The Kier molecular flexibility index (Phi) is 8.48. The van der Waals surface area contributed by atoms with Crippen LogP contribution in [0.25, 0.3) is 0 Å². The molecule has 0 aliphatic heterocycles. The Balaban J connectivity index is 5.57. The van der Waals surface area contributed by atoms with Gasteiger partial charge in [0.15, 0.2) is 0 Å². The van der Waals surface area contributed by atoms with Crippen LogP contribution in [0.5, 0.6) is 0 Å². The topological polar surface area (TPSA) is 34.1 Å². The lowest BCUT2D eigenvalue weighted by Gasteiger charge is -2.04. The van der Waals surface area contributed by atoms with Gasteiger partial charge in [0.2, 0.25) is 9.84 Å². The Labute approximate surface area is 125 Å². The van der Waals surface area contributed by atoms with E-state index in [2.05, 4.69) is 13.2 Å². The first-order valence-corrected chi connectivity index (χ1v) is 7.76. The molecule has 0 aromatic rings. The Morgan fingerprint density at radius 2 is 1.84 bits per heavy atom. The number of sulfone groups is 1. The molecular weight excluding hydrogens is 303 g/mol. The zero-order valence-electron chi connectivity index (χ0n) is 10.6. The molecule has 0 fully saturated rings. The first-order chi connectivity index (χ1) is 8.89. The Morgan fingerprint density at radius 3 is 2.32 bits per heavy atom. The van der Waals surface area contributed by atoms with E-state index in [1.54, 1.807) is 6.08 Å². The molecule has 0 atom stereocenters. The van der Waals surface area contributed by atoms with Gasteiger partial charge in [0.25, 0.3) is 0 Å². The maximum absolute atomic E-state index is 12.3. The summed E-state index contributed by atoms with van der Waals surface area (Å²) >= 11 is 11.2. The van der Waals surface area contributed by atoms with Crippen LogP contribution in [-0.4, -0.2) is 14.3 Å². The molecule has 0 N–H and O–H groups in total. The highest BCUT2D eigenvalue weighted by molar-refractivity contribution is 7.99. The van der Waals surface area contributed by atoms with Crippen molar-refractivity contribution in [1.82, 2.24) is 0 Å². The van der Waals surface area contributed by atoms with Gasteiger partial charge in [-0.2, -0.15) is 0 Å². The molecule has 0 heterocycles. The first kappa shape index (κ1) is 18.0. The van der Waals surface area contributed by atoms with E-state index in [0.717, 1.165) is 0 Å². The summed E-state index contributed by atoms with van der Waals surface area (Å²) in [6.45, 7) is 8.46. The van der Waals surface area contributed by atoms with Gasteiger partial charge >= 0.3 is 0 Å². The largest absolute Gasteiger partial charge is 0.219 e.